The van der Waals surface area contributed by atoms with Crippen molar-refractivity contribution in [1.82, 2.24) is 0 Å². The molecule has 1 aromatic rings. The third kappa shape index (κ3) is 2.61. The molecule has 0 radical (unpaired) electrons. The molecule has 0 aliphatic heterocycles. The van der Waals surface area contributed by atoms with Crippen molar-refractivity contribution in [3.63, 3.8) is 0 Å². The number of aliphatic hydroxyl groups is 1. The summed E-state index contributed by atoms with van der Waals surface area (Å²) in [6.07, 6.45) is 5.90. The molecule has 2 rings (SSSR count). The molecular weight excluding hydrogens is 240 g/mol. The lowest BCUT2D eigenvalue weighted by molar-refractivity contribution is 0.0477. The molecule has 3 heteroatoms. The van der Waals surface area contributed by atoms with Crippen molar-refractivity contribution >= 4 is 22.9 Å². The topological polar surface area (TPSA) is 20.2 Å². The average Bonchev–Trinajstić information content (AvgIpc) is 2.75. The fourth-order valence-corrected chi connectivity index (χ4v) is 4.00. The van der Waals surface area contributed by atoms with Gasteiger partial charge in [-0.3, -0.25) is 0 Å². The highest BCUT2D eigenvalue weighted by Crippen LogP contribution is 2.42. The molecular formula is C13H19ClOS. The fourth-order valence-electron chi connectivity index (χ4n) is 2.85. The van der Waals surface area contributed by atoms with Crippen LogP contribution in [-0.4, -0.2) is 5.11 Å². The lowest BCUT2D eigenvalue weighted by atomic mass is 9.74. The lowest BCUT2D eigenvalue weighted by Crippen LogP contribution is -2.24. The van der Waals surface area contributed by atoms with Crippen molar-refractivity contribution in [3.8, 4) is 0 Å². The number of hydrogen-bond donors (Lipinski definition) is 1. The second-order valence-electron chi connectivity index (χ2n) is 4.73. The van der Waals surface area contributed by atoms with Gasteiger partial charge in [0.2, 0.25) is 0 Å². The van der Waals surface area contributed by atoms with Crippen LogP contribution in [-0.2, 0) is 0 Å². The fraction of sp³-hybridized carbons (Fsp3) is 0.692. The van der Waals surface area contributed by atoms with Crippen molar-refractivity contribution in [1.29, 1.82) is 0 Å². The van der Waals surface area contributed by atoms with Gasteiger partial charge in [-0.1, -0.05) is 44.2 Å². The summed E-state index contributed by atoms with van der Waals surface area (Å²) in [6.45, 7) is 2.23. The number of halogens is 1. The largest absolute Gasteiger partial charge is 0.387 e. The highest BCUT2D eigenvalue weighted by atomic mass is 35.5. The van der Waals surface area contributed by atoms with Crippen LogP contribution in [0.4, 0.5) is 0 Å². The predicted molar refractivity (Wildman–Crippen MR) is 70.0 cm³/mol. The third-order valence-corrected chi connectivity index (χ3v) is 5.13. The number of aliphatic hydroxyl groups excluding tert-OH is 1. The van der Waals surface area contributed by atoms with Crippen LogP contribution >= 0.6 is 22.9 Å². The minimum atomic E-state index is -0.303. The van der Waals surface area contributed by atoms with Gasteiger partial charge in [0.15, 0.2) is 0 Å². The maximum Gasteiger partial charge on any atom is 0.0913 e. The minimum Gasteiger partial charge on any atom is -0.387 e. The van der Waals surface area contributed by atoms with E-state index in [1.165, 1.54) is 25.7 Å². The van der Waals surface area contributed by atoms with E-state index in [4.69, 9.17) is 11.6 Å². The van der Waals surface area contributed by atoms with Crippen LogP contribution in [0, 0.1) is 11.8 Å². The van der Waals surface area contributed by atoms with Gasteiger partial charge in [-0.2, -0.15) is 0 Å². The molecule has 0 amide bonds. The molecule has 1 aromatic heterocycles. The monoisotopic (exact) mass is 258 g/mol. The molecule has 16 heavy (non-hydrogen) atoms. The van der Waals surface area contributed by atoms with Gasteiger partial charge in [0, 0.05) is 10.3 Å². The van der Waals surface area contributed by atoms with E-state index in [-0.39, 0.29) is 6.10 Å². The zero-order chi connectivity index (χ0) is 11.5. The van der Waals surface area contributed by atoms with Gasteiger partial charge in [-0.15, -0.1) is 11.3 Å². The first-order valence-electron chi connectivity index (χ1n) is 6.14. The Hall–Kier alpha value is -0.0500. The van der Waals surface area contributed by atoms with E-state index in [2.05, 4.69) is 6.92 Å². The molecule has 1 heterocycles. The van der Waals surface area contributed by atoms with Crippen LogP contribution in [0.15, 0.2) is 11.4 Å². The average molecular weight is 259 g/mol. The van der Waals surface area contributed by atoms with Gasteiger partial charge in [0.1, 0.15) is 0 Å². The maximum absolute atomic E-state index is 10.4. The molecule has 1 fully saturated rings. The first-order valence-corrected chi connectivity index (χ1v) is 7.40. The third-order valence-electron chi connectivity index (χ3n) is 3.78. The van der Waals surface area contributed by atoms with Gasteiger partial charge in [-0.05, 0) is 24.3 Å². The molecule has 1 nitrogen and oxygen atoms in total. The van der Waals surface area contributed by atoms with E-state index < -0.39 is 0 Å². The normalized spacial score (nSPS) is 27.9. The van der Waals surface area contributed by atoms with Crippen molar-refractivity contribution in [2.75, 3.05) is 0 Å². The van der Waals surface area contributed by atoms with Gasteiger partial charge in [-0.25, -0.2) is 0 Å². The van der Waals surface area contributed by atoms with Crippen molar-refractivity contribution in [2.24, 2.45) is 11.8 Å². The molecule has 1 aliphatic carbocycles. The number of hydrogen-bond acceptors (Lipinski definition) is 2. The van der Waals surface area contributed by atoms with E-state index >= 15 is 0 Å². The van der Waals surface area contributed by atoms with E-state index in [1.807, 2.05) is 11.4 Å². The summed E-state index contributed by atoms with van der Waals surface area (Å²) in [4.78, 5) is 1.04. The quantitative estimate of drug-likeness (QED) is 0.837. The summed E-state index contributed by atoms with van der Waals surface area (Å²) in [7, 11) is 0. The van der Waals surface area contributed by atoms with E-state index in [0.29, 0.717) is 11.8 Å². The Morgan fingerprint density at radius 1 is 1.50 bits per heavy atom. The molecule has 0 bridgehead atoms. The number of thiophene rings is 1. The van der Waals surface area contributed by atoms with E-state index in [1.54, 1.807) is 11.3 Å². The van der Waals surface area contributed by atoms with Crippen LogP contribution in [0.2, 0.25) is 5.02 Å². The van der Waals surface area contributed by atoms with Crippen molar-refractivity contribution < 1.29 is 5.11 Å². The molecule has 1 N–H and O–H groups in total. The van der Waals surface area contributed by atoms with Crippen LogP contribution in [0.25, 0.3) is 0 Å². The second kappa shape index (κ2) is 5.52. The van der Waals surface area contributed by atoms with Crippen molar-refractivity contribution in [3.05, 3.63) is 21.3 Å². The summed E-state index contributed by atoms with van der Waals surface area (Å²) < 4.78 is 0. The Morgan fingerprint density at radius 2 is 2.25 bits per heavy atom. The Bertz CT molecular complexity index is 336. The number of rotatable bonds is 3. The van der Waals surface area contributed by atoms with Crippen LogP contribution in [0.5, 0.6) is 0 Å². The molecule has 0 aromatic carbocycles. The Kier molecular flexibility index (Phi) is 4.28. The standard InChI is InChI=1S/C13H19ClOS/c1-2-9-5-3-4-6-11(9)13(15)12-7-10(14)8-16-12/h7-9,11,13,15H,2-6H2,1H3. The molecule has 3 atom stereocenters. The molecule has 0 spiro atoms. The Balaban J connectivity index is 2.10. The first kappa shape index (κ1) is 12.4. The summed E-state index contributed by atoms with van der Waals surface area (Å²) >= 11 is 7.49. The Morgan fingerprint density at radius 3 is 2.88 bits per heavy atom. The Labute approximate surface area is 106 Å². The van der Waals surface area contributed by atoms with Crippen LogP contribution < -0.4 is 0 Å². The maximum atomic E-state index is 10.4. The van der Waals surface area contributed by atoms with Crippen LogP contribution in [0.1, 0.15) is 50.0 Å². The highest BCUT2D eigenvalue weighted by Gasteiger charge is 2.31. The van der Waals surface area contributed by atoms with Crippen molar-refractivity contribution in [2.45, 2.75) is 45.1 Å². The highest BCUT2D eigenvalue weighted by molar-refractivity contribution is 7.10. The predicted octanol–water partition coefficient (Wildman–Crippen LogP) is 4.65. The van der Waals surface area contributed by atoms with E-state index in [0.717, 1.165) is 16.3 Å². The zero-order valence-electron chi connectivity index (χ0n) is 9.66. The molecule has 3 unspecified atom stereocenters. The second-order valence-corrected chi connectivity index (χ2v) is 6.11. The molecule has 0 saturated heterocycles. The SMILES string of the molecule is CCC1CCCCC1C(O)c1cc(Cl)cs1. The van der Waals surface area contributed by atoms with Gasteiger partial charge in [0.25, 0.3) is 0 Å². The molecule has 1 aliphatic rings. The van der Waals surface area contributed by atoms with Crippen LogP contribution in [0.3, 0.4) is 0 Å². The summed E-state index contributed by atoms with van der Waals surface area (Å²) in [5.41, 5.74) is 0. The van der Waals surface area contributed by atoms with Gasteiger partial charge in [0.05, 0.1) is 11.1 Å². The smallest absolute Gasteiger partial charge is 0.0913 e. The summed E-state index contributed by atoms with van der Waals surface area (Å²) in [5.74, 6) is 1.12. The first-order chi connectivity index (χ1) is 7.72. The summed E-state index contributed by atoms with van der Waals surface area (Å²) in [5, 5.41) is 13.1. The zero-order valence-corrected chi connectivity index (χ0v) is 11.2. The summed E-state index contributed by atoms with van der Waals surface area (Å²) in [6, 6.07) is 1.91. The molecule has 1 saturated carbocycles. The van der Waals surface area contributed by atoms with Gasteiger partial charge >= 0.3 is 0 Å². The van der Waals surface area contributed by atoms with Gasteiger partial charge < -0.3 is 5.11 Å². The minimum absolute atomic E-state index is 0.303. The molecule has 90 valence electrons. The lowest BCUT2D eigenvalue weighted by Gasteiger charge is -2.33. The van der Waals surface area contributed by atoms with E-state index in [9.17, 15) is 5.11 Å².